The van der Waals surface area contributed by atoms with E-state index in [9.17, 15) is 15.3 Å². The van der Waals surface area contributed by atoms with E-state index in [4.69, 9.17) is 0 Å². The molecule has 3 N–H and O–H groups in total. The molecule has 0 unspecified atom stereocenters. The molecule has 4 saturated carbocycles. The largest absolute Gasteiger partial charge is 0.393 e. The maximum atomic E-state index is 11.4. The van der Waals surface area contributed by atoms with Crippen molar-refractivity contribution in [3.63, 3.8) is 0 Å². The van der Waals surface area contributed by atoms with Gasteiger partial charge in [0.1, 0.15) is 0 Å². The van der Waals surface area contributed by atoms with Crippen molar-refractivity contribution in [3.05, 3.63) is 83.0 Å². The van der Waals surface area contributed by atoms with Crippen LogP contribution in [-0.4, -0.2) is 33.6 Å². The zero-order chi connectivity index (χ0) is 29.2. The lowest BCUT2D eigenvalue weighted by molar-refractivity contribution is 0.0862. The van der Waals surface area contributed by atoms with Crippen LogP contribution < -0.4 is 0 Å². The zero-order valence-corrected chi connectivity index (χ0v) is 25.8. The van der Waals surface area contributed by atoms with Crippen LogP contribution in [0.25, 0.3) is 0 Å². The Labute approximate surface area is 249 Å². The molecule has 3 heteroatoms. The predicted octanol–water partition coefficient (Wildman–Crippen LogP) is 8.15. The summed E-state index contributed by atoms with van der Waals surface area (Å²) in [5.74, 6) is 1.62. The van der Waals surface area contributed by atoms with E-state index in [1.807, 2.05) is 0 Å². The minimum absolute atomic E-state index is 0.0984. The minimum atomic E-state index is -0.636. The van der Waals surface area contributed by atoms with Gasteiger partial charge in [-0.15, -0.1) is 0 Å². The molecule has 4 aliphatic rings. The van der Waals surface area contributed by atoms with Crippen molar-refractivity contribution < 1.29 is 15.3 Å². The molecule has 0 saturated heterocycles. The summed E-state index contributed by atoms with van der Waals surface area (Å²) in [6.45, 7) is 11.2. The molecule has 0 aromatic heterocycles. The van der Waals surface area contributed by atoms with Gasteiger partial charge in [0, 0.05) is 11.8 Å². The van der Waals surface area contributed by atoms with Gasteiger partial charge in [-0.25, -0.2) is 0 Å². The first-order chi connectivity index (χ1) is 19.7. The molecule has 0 bridgehead atoms. The first-order valence-electron chi connectivity index (χ1n) is 16.6. The highest BCUT2D eigenvalue weighted by Gasteiger charge is 2.51. The van der Waals surface area contributed by atoms with Crippen molar-refractivity contribution in [3.8, 4) is 0 Å². The molecule has 0 aliphatic heterocycles. The third-order valence-electron chi connectivity index (χ3n) is 11.5. The van der Waals surface area contributed by atoms with E-state index >= 15 is 0 Å². The predicted molar refractivity (Wildman–Crippen MR) is 170 cm³/mol. The van der Waals surface area contributed by atoms with E-state index < -0.39 is 18.3 Å². The summed E-state index contributed by atoms with van der Waals surface area (Å²) in [5.41, 5.74) is 6.17. The number of aryl methyl sites for hydroxylation is 1. The van der Waals surface area contributed by atoms with Gasteiger partial charge in [0.25, 0.3) is 0 Å². The standard InChI is InChI=1S/C38H54O3/c1-5-6-7-9-28-12-16-31(17-13-28)38(22-23-38)36(41)20-11-26(2)33-18-19-34-29(10-8-21-37(33,34)4)14-15-30-24-32(39)25-35(40)27(30)3/h11-17,20,26,32-36,39-41H,3,5-10,18-19,21-25H2,1-2,4H3/t26-,32-,33-,34+,35+,36-,37-/m1/s1. The highest BCUT2D eigenvalue weighted by Crippen LogP contribution is 2.60. The van der Waals surface area contributed by atoms with Gasteiger partial charge in [-0.1, -0.05) is 94.3 Å². The molecule has 1 aromatic carbocycles. The third-order valence-corrected chi connectivity index (χ3v) is 11.5. The van der Waals surface area contributed by atoms with E-state index in [0.717, 1.165) is 36.8 Å². The monoisotopic (exact) mass is 558 g/mol. The number of unbranched alkanes of at least 4 members (excludes halogenated alkanes) is 2. The summed E-state index contributed by atoms with van der Waals surface area (Å²) in [7, 11) is 0. The summed E-state index contributed by atoms with van der Waals surface area (Å²) >= 11 is 0. The Hall–Kier alpha value is -1.94. The van der Waals surface area contributed by atoms with Crippen molar-refractivity contribution in [1.29, 1.82) is 0 Å². The normalized spacial score (nSPS) is 34.7. The van der Waals surface area contributed by atoms with Crippen LogP contribution in [0.15, 0.2) is 71.9 Å². The molecule has 7 atom stereocenters. The van der Waals surface area contributed by atoms with Crippen molar-refractivity contribution in [2.75, 3.05) is 0 Å². The summed E-state index contributed by atoms with van der Waals surface area (Å²) in [5, 5.41) is 31.8. The van der Waals surface area contributed by atoms with E-state index in [2.05, 4.69) is 75.9 Å². The van der Waals surface area contributed by atoms with Gasteiger partial charge >= 0.3 is 0 Å². The molecule has 224 valence electrons. The van der Waals surface area contributed by atoms with Crippen LogP contribution >= 0.6 is 0 Å². The van der Waals surface area contributed by atoms with Crippen LogP contribution in [0.5, 0.6) is 0 Å². The maximum Gasteiger partial charge on any atom is 0.0817 e. The number of fused-ring (bicyclic) bond motifs is 1. The minimum Gasteiger partial charge on any atom is -0.393 e. The van der Waals surface area contributed by atoms with Crippen LogP contribution in [0.1, 0.15) is 109 Å². The van der Waals surface area contributed by atoms with Crippen molar-refractivity contribution in [2.24, 2.45) is 23.2 Å². The Morgan fingerprint density at radius 3 is 2.49 bits per heavy atom. The Bertz CT molecular complexity index is 1150. The molecular formula is C38H54O3. The first kappa shape index (κ1) is 30.5. The number of hydrogen-bond donors (Lipinski definition) is 3. The van der Waals surface area contributed by atoms with Gasteiger partial charge in [0.05, 0.1) is 18.3 Å². The zero-order valence-electron chi connectivity index (χ0n) is 25.8. The summed E-state index contributed by atoms with van der Waals surface area (Å²) in [6, 6.07) is 9.10. The van der Waals surface area contributed by atoms with Crippen LogP contribution in [0.3, 0.4) is 0 Å². The Morgan fingerprint density at radius 1 is 1.02 bits per heavy atom. The molecule has 1 aromatic rings. The lowest BCUT2D eigenvalue weighted by atomic mass is 9.61. The van der Waals surface area contributed by atoms with E-state index in [1.54, 1.807) is 0 Å². The summed E-state index contributed by atoms with van der Waals surface area (Å²) < 4.78 is 0. The van der Waals surface area contributed by atoms with Crippen LogP contribution in [-0.2, 0) is 11.8 Å². The second kappa shape index (κ2) is 12.7. The first-order valence-corrected chi connectivity index (χ1v) is 16.6. The molecule has 4 aliphatic carbocycles. The molecule has 0 amide bonds. The lowest BCUT2D eigenvalue weighted by Gasteiger charge is -2.44. The second-order valence-corrected chi connectivity index (χ2v) is 14.2. The van der Waals surface area contributed by atoms with E-state index in [-0.39, 0.29) is 10.8 Å². The Balaban J connectivity index is 1.24. The second-order valence-electron chi connectivity index (χ2n) is 14.2. The number of rotatable bonds is 10. The number of aliphatic hydroxyl groups is 3. The third kappa shape index (κ3) is 6.38. The highest BCUT2D eigenvalue weighted by atomic mass is 16.3. The SMILES string of the molecule is C=C1C(=CC=C2CCC[C@]3(C)[C@@H]([C@H](C)C=C[C@@H](O)C4(c5ccc(CCCCC)cc5)CC4)CC[C@@H]23)C[C@@H](O)C[C@@H]1O. The van der Waals surface area contributed by atoms with Crippen molar-refractivity contribution in [1.82, 2.24) is 0 Å². The van der Waals surface area contributed by atoms with Gasteiger partial charge in [0.15, 0.2) is 0 Å². The van der Waals surface area contributed by atoms with Gasteiger partial charge in [-0.3, -0.25) is 0 Å². The highest BCUT2D eigenvalue weighted by molar-refractivity contribution is 5.39. The molecule has 3 nitrogen and oxygen atoms in total. The van der Waals surface area contributed by atoms with Crippen molar-refractivity contribution >= 4 is 0 Å². The number of allylic oxidation sites excluding steroid dienone is 4. The van der Waals surface area contributed by atoms with Crippen LogP contribution in [0.4, 0.5) is 0 Å². The number of aliphatic hydroxyl groups excluding tert-OH is 3. The smallest absolute Gasteiger partial charge is 0.0817 e. The fraction of sp³-hybridized carbons (Fsp3) is 0.632. The maximum absolute atomic E-state index is 11.4. The van der Waals surface area contributed by atoms with Gasteiger partial charge in [-0.05, 0) is 110 Å². The van der Waals surface area contributed by atoms with E-state index in [0.29, 0.717) is 30.6 Å². The molecule has 41 heavy (non-hydrogen) atoms. The average Bonchev–Trinajstić information content (AvgIpc) is 3.69. The molecule has 5 rings (SSSR count). The molecule has 0 spiro atoms. The van der Waals surface area contributed by atoms with Gasteiger partial charge < -0.3 is 15.3 Å². The lowest BCUT2D eigenvalue weighted by Crippen LogP contribution is -2.35. The van der Waals surface area contributed by atoms with Crippen LogP contribution in [0, 0.1) is 23.2 Å². The topological polar surface area (TPSA) is 60.7 Å². The fourth-order valence-electron chi connectivity index (χ4n) is 8.68. The quantitative estimate of drug-likeness (QED) is 0.201. The molecule has 0 heterocycles. The molecule has 0 radical (unpaired) electrons. The fourth-order valence-corrected chi connectivity index (χ4v) is 8.68. The van der Waals surface area contributed by atoms with E-state index in [1.165, 1.54) is 61.6 Å². The van der Waals surface area contributed by atoms with Crippen LogP contribution in [0.2, 0.25) is 0 Å². The number of benzene rings is 1. The average molecular weight is 559 g/mol. The Kier molecular flexibility index (Phi) is 9.48. The molecule has 4 fully saturated rings. The van der Waals surface area contributed by atoms with Gasteiger partial charge in [0.2, 0.25) is 0 Å². The molecular weight excluding hydrogens is 504 g/mol. The van der Waals surface area contributed by atoms with Crippen molar-refractivity contribution in [2.45, 2.75) is 128 Å². The van der Waals surface area contributed by atoms with Gasteiger partial charge in [-0.2, -0.15) is 0 Å². The summed E-state index contributed by atoms with van der Waals surface area (Å²) in [4.78, 5) is 0. The summed E-state index contributed by atoms with van der Waals surface area (Å²) in [6.07, 6.45) is 21.4. The number of hydrogen-bond acceptors (Lipinski definition) is 3. The Morgan fingerprint density at radius 2 is 1.78 bits per heavy atom.